The van der Waals surface area contributed by atoms with Gasteiger partial charge in [-0.05, 0) is 62.1 Å². The lowest BCUT2D eigenvalue weighted by Gasteiger charge is -2.42. The number of hydrogen-bond acceptors (Lipinski definition) is 4. The SMILES string of the molecule is CCCCCCc1cc2c(cc1C#Cc1cnc(CC(=O)O)cn1)C(C)(C)CC(C)(C)O2. The first kappa shape index (κ1) is 23.8. The van der Waals surface area contributed by atoms with Gasteiger partial charge in [0.15, 0.2) is 0 Å². The van der Waals surface area contributed by atoms with Crippen molar-refractivity contribution in [2.75, 3.05) is 0 Å². The average Bonchev–Trinajstić information content (AvgIpc) is 2.69. The maximum atomic E-state index is 10.8. The molecule has 0 unspecified atom stereocenters. The highest BCUT2D eigenvalue weighted by atomic mass is 16.5. The number of carbonyl (C=O) groups is 1. The first-order valence-corrected chi connectivity index (χ1v) is 11.5. The molecular formula is C27H34N2O3. The molecule has 170 valence electrons. The molecule has 0 atom stereocenters. The highest BCUT2D eigenvalue weighted by molar-refractivity contribution is 5.69. The van der Waals surface area contributed by atoms with Gasteiger partial charge in [0.05, 0.1) is 24.5 Å². The molecule has 32 heavy (non-hydrogen) atoms. The summed E-state index contributed by atoms with van der Waals surface area (Å²) >= 11 is 0. The summed E-state index contributed by atoms with van der Waals surface area (Å²) in [4.78, 5) is 19.3. The maximum absolute atomic E-state index is 10.8. The number of fused-ring (bicyclic) bond motifs is 1. The van der Waals surface area contributed by atoms with Gasteiger partial charge in [-0.15, -0.1) is 0 Å². The molecule has 5 nitrogen and oxygen atoms in total. The van der Waals surface area contributed by atoms with Crippen molar-refractivity contribution in [2.45, 2.75) is 90.6 Å². The van der Waals surface area contributed by atoms with Crippen LogP contribution in [0.25, 0.3) is 0 Å². The molecule has 1 aromatic carbocycles. The summed E-state index contributed by atoms with van der Waals surface area (Å²) < 4.78 is 6.37. The monoisotopic (exact) mass is 434 g/mol. The summed E-state index contributed by atoms with van der Waals surface area (Å²) in [6.45, 7) is 11.1. The zero-order valence-electron chi connectivity index (χ0n) is 19.9. The van der Waals surface area contributed by atoms with Crippen LogP contribution in [0.1, 0.15) is 94.8 Å². The van der Waals surface area contributed by atoms with E-state index in [0.717, 1.165) is 30.6 Å². The summed E-state index contributed by atoms with van der Waals surface area (Å²) in [6, 6.07) is 4.38. The second-order valence-corrected chi connectivity index (χ2v) is 9.95. The molecule has 0 saturated heterocycles. The standard InChI is InChI=1S/C27H34N2O3/c1-6-7-8-9-10-19-14-24-23(26(2,3)18-27(4,5)32-24)13-20(19)11-12-21-16-29-22(17-28-21)15-25(30)31/h13-14,16-17H,6-10,15,18H2,1-5H3,(H,30,31). The van der Waals surface area contributed by atoms with Crippen LogP contribution < -0.4 is 4.74 Å². The van der Waals surface area contributed by atoms with Crippen LogP contribution in [-0.4, -0.2) is 26.6 Å². The number of hydrogen-bond donors (Lipinski definition) is 1. The molecule has 0 aliphatic carbocycles. The minimum Gasteiger partial charge on any atom is -0.488 e. The van der Waals surface area contributed by atoms with Gasteiger partial charge in [0.1, 0.15) is 17.0 Å². The smallest absolute Gasteiger partial charge is 0.309 e. The predicted octanol–water partition coefficient (Wildman–Crippen LogP) is 5.47. The summed E-state index contributed by atoms with van der Waals surface area (Å²) in [5.41, 5.74) is 4.16. The van der Waals surface area contributed by atoms with E-state index in [1.807, 2.05) is 0 Å². The number of nitrogens with zero attached hydrogens (tertiary/aromatic N) is 2. The van der Waals surface area contributed by atoms with Gasteiger partial charge in [-0.25, -0.2) is 4.98 Å². The van der Waals surface area contributed by atoms with E-state index >= 15 is 0 Å². The van der Waals surface area contributed by atoms with Gasteiger partial charge in [-0.3, -0.25) is 9.78 Å². The van der Waals surface area contributed by atoms with E-state index in [-0.39, 0.29) is 17.4 Å². The highest BCUT2D eigenvalue weighted by Crippen LogP contribution is 2.45. The van der Waals surface area contributed by atoms with E-state index in [4.69, 9.17) is 9.84 Å². The third-order valence-corrected chi connectivity index (χ3v) is 5.85. The third kappa shape index (κ3) is 6.09. The van der Waals surface area contributed by atoms with E-state index in [2.05, 4.69) is 68.6 Å². The molecule has 0 amide bonds. The molecular weight excluding hydrogens is 400 g/mol. The van der Waals surface area contributed by atoms with Crippen molar-refractivity contribution in [3.63, 3.8) is 0 Å². The van der Waals surface area contributed by atoms with Crippen molar-refractivity contribution in [2.24, 2.45) is 0 Å². The Morgan fingerprint density at radius 3 is 2.53 bits per heavy atom. The van der Waals surface area contributed by atoms with Crippen molar-refractivity contribution in [1.82, 2.24) is 9.97 Å². The van der Waals surface area contributed by atoms with Gasteiger partial charge in [0, 0.05) is 11.1 Å². The third-order valence-electron chi connectivity index (χ3n) is 5.85. The fourth-order valence-corrected chi connectivity index (χ4v) is 4.59. The van der Waals surface area contributed by atoms with Crippen molar-refractivity contribution in [3.05, 3.63) is 52.6 Å². The van der Waals surface area contributed by atoms with Gasteiger partial charge in [-0.1, -0.05) is 46.0 Å². The van der Waals surface area contributed by atoms with E-state index in [1.165, 1.54) is 36.6 Å². The Labute approximate surface area is 191 Å². The molecule has 0 bridgehead atoms. The fourth-order valence-electron chi connectivity index (χ4n) is 4.59. The van der Waals surface area contributed by atoms with Crippen LogP contribution in [0, 0.1) is 11.8 Å². The first-order valence-electron chi connectivity index (χ1n) is 11.5. The highest BCUT2D eigenvalue weighted by Gasteiger charge is 2.39. The molecule has 1 aliphatic rings. The van der Waals surface area contributed by atoms with Gasteiger partial charge < -0.3 is 9.84 Å². The number of aryl methyl sites for hydroxylation is 1. The molecule has 2 aromatic rings. The van der Waals surface area contributed by atoms with Gasteiger partial charge in [0.25, 0.3) is 0 Å². The van der Waals surface area contributed by atoms with E-state index in [1.54, 1.807) is 6.20 Å². The molecule has 2 heterocycles. The Morgan fingerprint density at radius 1 is 1.09 bits per heavy atom. The summed E-state index contributed by atoms with van der Waals surface area (Å²) in [7, 11) is 0. The maximum Gasteiger partial charge on any atom is 0.309 e. The van der Waals surface area contributed by atoms with Gasteiger partial charge >= 0.3 is 5.97 Å². The largest absolute Gasteiger partial charge is 0.488 e. The molecule has 5 heteroatoms. The molecule has 0 saturated carbocycles. The second kappa shape index (κ2) is 9.73. The van der Waals surface area contributed by atoms with Crippen LogP contribution in [0.2, 0.25) is 0 Å². The van der Waals surface area contributed by atoms with Crippen molar-refractivity contribution < 1.29 is 14.6 Å². The predicted molar refractivity (Wildman–Crippen MR) is 126 cm³/mol. The van der Waals surface area contributed by atoms with E-state index in [9.17, 15) is 4.79 Å². The fraction of sp³-hybridized carbons (Fsp3) is 0.519. The average molecular weight is 435 g/mol. The topological polar surface area (TPSA) is 72.3 Å². The second-order valence-electron chi connectivity index (χ2n) is 9.95. The Bertz CT molecular complexity index is 1030. The number of aromatic nitrogens is 2. The lowest BCUT2D eigenvalue weighted by molar-refractivity contribution is -0.136. The number of aliphatic carboxylic acids is 1. The summed E-state index contributed by atoms with van der Waals surface area (Å²) in [5, 5.41) is 8.89. The van der Waals surface area contributed by atoms with Crippen LogP contribution >= 0.6 is 0 Å². The van der Waals surface area contributed by atoms with Crippen LogP contribution in [0.4, 0.5) is 0 Å². The zero-order chi connectivity index (χ0) is 23.4. The number of benzene rings is 1. The minimum absolute atomic E-state index is 0.00740. The summed E-state index contributed by atoms with van der Waals surface area (Å²) in [6.07, 6.45) is 9.55. The van der Waals surface area contributed by atoms with Crippen LogP contribution in [0.5, 0.6) is 5.75 Å². The van der Waals surface area contributed by atoms with E-state index < -0.39 is 5.97 Å². The lowest BCUT2D eigenvalue weighted by atomic mass is 9.73. The normalized spacial score (nSPS) is 15.8. The first-order chi connectivity index (χ1) is 15.1. The quantitative estimate of drug-likeness (QED) is 0.462. The van der Waals surface area contributed by atoms with Crippen molar-refractivity contribution in [3.8, 4) is 17.6 Å². The lowest BCUT2D eigenvalue weighted by Crippen LogP contribution is -2.41. The van der Waals surface area contributed by atoms with Gasteiger partial charge in [0.2, 0.25) is 0 Å². The number of carboxylic acid groups (broad SMARTS) is 1. The molecule has 1 N–H and O–H groups in total. The molecule has 0 fully saturated rings. The molecule has 0 spiro atoms. The summed E-state index contributed by atoms with van der Waals surface area (Å²) in [5.74, 6) is 6.49. The minimum atomic E-state index is -0.923. The number of unbranched alkanes of at least 4 members (excludes halogenated alkanes) is 3. The number of ether oxygens (including phenoxy) is 1. The molecule has 0 radical (unpaired) electrons. The molecule has 1 aromatic heterocycles. The Hall–Kier alpha value is -2.87. The Kier molecular flexibility index (Phi) is 7.23. The van der Waals surface area contributed by atoms with Crippen LogP contribution in [0.15, 0.2) is 24.5 Å². The van der Waals surface area contributed by atoms with Crippen molar-refractivity contribution in [1.29, 1.82) is 0 Å². The molecule has 1 aliphatic heterocycles. The molecule has 3 rings (SSSR count). The van der Waals surface area contributed by atoms with Crippen molar-refractivity contribution >= 4 is 5.97 Å². The van der Waals surface area contributed by atoms with Gasteiger partial charge in [-0.2, -0.15) is 0 Å². The zero-order valence-corrected chi connectivity index (χ0v) is 19.9. The Balaban J connectivity index is 1.95. The van der Waals surface area contributed by atoms with E-state index in [0.29, 0.717) is 11.4 Å². The van der Waals surface area contributed by atoms with Crippen LogP contribution in [0.3, 0.4) is 0 Å². The number of rotatable bonds is 7. The van der Waals surface area contributed by atoms with Crippen LogP contribution in [-0.2, 0) is 23.1 Å². The number of carboxylic acids is 1. The Morgan fingerprint density at radius 2 is 1.88 bits per heavy atom.